The molecule has 0 radical (unpaired) electrons. The van der Waals surface area contributed by atoms with Crippen LogP contribution in [0.5, 0.6) is 0 Å². The normalized spacial score (nSPS) is 18.6. The van der Waals surface area contributed by atoms with Crippen LogP contribution in [0, 0.1) is 5.92 Å². The summed E-state index contributed by atoms with van der Waals surface area (Å²) in [6.07, 6.45) is 1.18. The first kappa shape index (κ1) is 20.0. The second-order valence-corrected chi connectivity index (χ2v) is 5.55. The summed E-state index contributed by atoms with van der Waals surface area (Å²) in [5.41, 5.74) is 1.29. The van der Waals surface area contributed by atoms with Crippen LogP contribution >= 0.6 is 36.4 Å². The maximum atomic E-state index is 6.40. The van der Waals surface area contributed by atoms with Crippen LogP contribution in [0.1, 0.15) is 31.9 Å². The molecule has 0 bridgehead atoms. The first-order chi connectivity index (χ1) is 8.74. The van der Waals surface area contributed by atoms with E-state index in [0.717, 1.165) is 31.2 Å². The van der Waals surface area contributed by atoms with Gasteiger partial charge in [-0.05, 0) is 17.5 Å². The van der Waals surface area contributed by atoms with Crippen molar-refractivity contribution in [2.75, 3.05) is 26.2 Å². The van der Waals surface area contributed by atoms with Gasteiger partial charge in [0.1, 0.15) is 0 Å². The highest BCUT2D eigenvalue weighted by Gasteiger charge is 2.27. The van der Waals surface area contributed by atoms with Crippen LogP contribution in [0.15, 0.2) is 24.3 Å². The van der Waals surface area contributed by atoms with Crippen molar-refractivity contribution in [3.05, 3.63) is 34.9 Å². The standard InChI is InChI=1S/C15H23ClN2.2ClH/c1-3-12(2)15(18-10-8-17-9-11-18)13-6-4-5-7-14(13)16;;/h4-7,12,15,17H,3,8-11H2,1-2H3;2*1H/t12?,15-;;/m0../s1. The molecule has 1 N–H and O–H groups in total. The summed E-state index contributed by atoms with van der Waals surface area (Å²) < 4.78 is 0. The van der Waals surface area contributed by atoms with Crippen molar-refractivity contribution in [1.29, 1.82) is 0 Å². The lowest BCUT2D eigenvalue weighted by molar-refractivity contribution is 0.128. The van der Waals surface area contributed by atoms with Crippen LogP contribution in [-0.4, -0.2) is 31.1 Å². The number of hydrogen-bond donors (Lipinski definition) is 1. The third-order valence-corrected chi connectivity index (χ3v) is 4.30. The fourth-order valence-corrected chi connectivity index (χ4v) is 3.01. The van der Waals surface area contributed by atoms with Crippen molar-refractivity contribution in [2.45, 2.75) is 26.3 Å². The number of halogens is 3. The number of piperazine rings is 1. The van der Waals surface area contributed by atoms with Gasteiger partial charge < -0.3 is 5.32 Å². The zero-order valence-electron chi connectivity index (χ0n) is 12.1. The topological polar surface area (TPSA) is 15.3 Å². The molecule has 0 aromatic heterocycles. The van der Waals surface area contributed by atoms with Crippen LogP contribution in [0.4, 0.5) is 0 Å². The molecule has 0 aliphatic carbocycles. The van der Waals surface area contributed by atoms with Gasteiger partial charge in [-0.2, -0.15) is 0 Å². The van der Waals surface area contributed by atoms with E-state index in [1.807, 2.05) is 12.1 Å². The summed E-state index contributed by atoms with van der Waals surface area (Å²) in [5.74, 6) is 0.628. The molecule has 0 spiro atoms. The summed E-state index contributed by atoms with van der Waals surface area (Å²) in [5, 5.41) is 4.32. The lowest BCUT2D eigenvalue weighted by atomic mass is 9.90. The molecule has 1 fully saturated rings. The minimum Gasteiger partial charge on any atom is -0.314 e. The molecule has 1 aliphatic rings. The molecule has 116 valence electrons. The van der Waals surface area contributed by atoms with E-state index in [1.54, 1.807) is 0 Å². The van der Waals surface area contributed by atoms with Crippen LogP contribution in [0.25, 0.3) is 0 Å². The molecule has 1 aromatic carbocycles. The van der Waals surface area contributed by atoms with Crippen molar-refractivity contribution < 1.29 is 0 Å². The minimum atomic E-state index is 0. The van der Waals surface area contributed by atoms with E-state index < -0.39 is 0 Å². The van der Waals surface area contributed by atoms with E-state index in [9.17, 15) is 0 Å². The van der Waals surface area contributed by atoms with Crippen molar-refractivity contribution >= 4 is 36.4 Å². The summed E-state index contributed by atoms with van der Waals surface area (Å²) in [6, 6.07) is 8.75. The average molecular weight is 340 g/mol. The minimum absolute atomic E-state index is 0. The first-order valence-electron chi connectivity index (χ1n) is 6.93. The molecule has 1 heterocycles. The zero-order valence-corrected chi connectivity index (χ0v) is 14.5. The lowest BCUT2D eigenvalue weighted by Crippen LogP contribution is -2.46. The first-order valence-corrected chi connectivity index (χ1v) is 7.31. The van der Waals surface area contributed by atoms with Gasteiger partial charge in [0, 0.05) is 37.2 Å². The molecular formula is C15H25Cl3N2. The molecule has 2 nitrogen and oxygen atoms in total. The van der Waals surface area contributed by atoms with Gasteiger partial charge >= 0.3 is 0 Å². The number of hydrogen-bond acceptors (Lipinski definition) is 2. The molecule has 1 aliphatic heterocycles. The highest BCUT2D eigenvalue weighted by molar-refractivity contribution is 6.31. The maximum Gasteiger partial charge on any atom is 0.0453 e. The Morgan fingerprint density at radius 2 is 1.80 bits per heavy atom. The Morgan fingerprint density at radius 1 is 1.20 bits per heavy atom. The summed E-state index contributed by atoms with van der Waals surface area (Å²) >= 11 is 6.40. The van der Waals surface area contributed by atoms with Gasteiger partial charge in [-0.1, -0.05) is 50.1 Å². The third-order valence-electron chi connectivity index (χ3n) is 3.95. The van der Waals surface area contributed by atoms with Crippen molar-refractivity contribution in [3.63, 3.8) is 0 Å². The summed E-state index contributed by atoms with van der Waals surface area (Å²) in [4.78, 5) is 2.58. The Labute approximate surface area is 140 Å². The van der Waals surface area contributed by atoms with Crippen LogP contribution in [0.2, 0.25) is 5.02 Å². The SMILES string of the molecule is CCC(C)[C@@H](c1ccccc1Cl)N1CCNCC1.Cl.Cl. The highest BCUT2D eigenvalue weighted by atomic mass is 35.5. The number of nitrogens with one attached hydrogen (secondary N) is 1. The van der Waals surface area contributed by atoms with E-state index in [4.69, 9.17) is 11.6 Å². The van der Waals surface area contributed by atoms with E-state index in [2.05, 4.69) is 36.2 Å². The number of nitrogens with zero attached hydrogens (tertiary/aromatic N) is 1. The Bertz CT molecular complexity index is 381. The maximum absolute atomic E-state index is 6.40. The fourth-order valence-electron chi connectivity index (χ4n) is 2.76. The average Bonchev–Trinajstić information content (AvgIpc) is 2.42. The molecule has 20 heavy (non-hydrogen) atoms. The lowest BCUT2D eigenvalue weighted by Gasteiger charge is -2.38. The fraction of sp³-hybridized carbons (Fsp3) is 0.600. The van der Waals surface area contributed by atoms with Gasteiger partial charge in [-0.15, -0.1) is 24.8 Å². The van der Waals surface area contributed by atoms with E-state index >= 15 is 0 Å². The van der Waals surface area contributed by atoms with Gasteiger partial charge in [0.15, 0.2) is 0 Å². The van der Waals surface area contributed by atoms with Crippen molar-refractivity contribution in [2.24, 2.45) is 5.92 Å². The van der Waals surface area contributed by atoms with Gasteiger partial charge in [0.25, 0.3) is 0 Å². The largest absolute Gasteiger partial charge is 0.314 e. The molecule has 0 saturated carbocycles. The van der Waals surface area contributed by atoms with E-state index in [-0.39, 0.29) is 24.8 Å². The number of rotatable bonds is 4. The number of benzene rings is 1. The second-order valence-electron chi connectivity index (χ2n) is 5.14. The van der Waals surface area contributed by atoms with Gasteiger partial charge in [-0.25, -0.2) is 0 Å². The van der Waals surface area contributed by atoms with Gasteiger partial charge in [-0.3, -0.25) is 4.90 Å². The molecule has 0 amide bonds. The Morgan fingerprint density at radius 3 is 2.35 bits per heavy atom. The van der Waals surface area contributed by atoms with Crippen LogP contribution in [-0.2, 0) is 0 Å². The third kappa shape index (κ3) is 4.78. The van der Waals surface area contributed by atoms with Crippen LogP contribution in [0.3, 0.4) is 0 Å². The highest BCUT2D eigenvalue weighted by Crippen LogP contribution is 2.34. The van der Waals surface area contributed by atoms with E-state index in [1.165, 1.54) is 12.0 Å². The Balaban J connectivity index is 0.00000180. The molecule has 5 heteroatoms. The Hall–Kier alpha value is 0.01000. The van der Waals surface area contributed by atoms with Crippen molar-refractivity contribution in [1.82, 2.24) is 10.2 Å². The summed E-state index contributed by atoms with van der Waals surface area (Å²) in [7, 11) is 0. The predicted octanol–water partition coefficient (Wildman–Crippen LogP) is 4.18. The quantitative estimate of drug-likeness (QED) is 0.885. The smallest absolute Gasteiger partial charge is 0.0453 e. The van der Waals surface area contributed by atoms with E-state index in [0.29, 0.717) is 12.0 Å². The zero-order chi connectivity index (χ0) is 13.0. The molecule has 1 aromatic rings. The Kier molecular flexibility index (Phi) is 9.86. The summed E-state index contributed by atoms with van der Waals surface area (Å²) in [6.45, 7) is 8.97. The molecule has 2 atom stereocenters. The second kappa shape index (κ2) is 9.86. The van der Waals surface area contributed by atoms with Crippen LogP contribution < -0.4 is 5.32 Å². The molecule has 1 saturated heterocycles. The van der Waals surface area contributed by atoms with Gasteiger partial charge in [0.05, 0.1) is 0 Å². The molecule has 1 unspecified atom stereocenters. The molecular weight excluding hydrogens is 315 g/mol. The van der Waals surface area contributed by atoms with Gasteiger partial charge in [0.2, 0.25) is 0 Å². The molecule has 2 rings (SSSR count). The monoisotopic (exact) mass is 338 g/mol. The van der Waals surface area contributed by atoms with Crippen molar-refractivity contribution in [3.8, 4) is 0 Å². The predicted molar refractivity (Wildman–Crippen MR) is 92.6 cm³/mol.